The Morgan fingerprint density at radius 1 is 0.889 bits per heavy atom. The second kappa shape index (κ2) is 14.1. The van der Waals surface area contributed by atoms with Crippen LogP contribution >= 0.6 is 0 Å². The zero-order valence-corrected chi connectivity index (χ0v) is 24.9. The molecule has 0 bridgehead atoms. The molecule has 5 heteroatoms. The highest BCUT2D eigenvalue weighted by atomic mass is 16.6. The number of aliphatic hydroxyl groups excluding tert-OH is 2. The summed E-state index contributed by atoms with van der Waals surface area (Å²) in [5, 5.41) is 21.5. The minimum absolute atomic E-state index is 0.0467. The predicted octanol–water partition coefficient (Wildman–Crippen LogP) is 6.98. The van der Waals surface area contributed by atoms with Crippen molar-refractivity contribution in [2.24, 2.45) is 11.8 Å². The maximum absolute atomic E-state index is 10.9. The molecule has 3 aliphatic rings. The average Bonchev–Trinajstić information content (AvgIpc) is 2.84. The maximum atomic E-state index is 10.9. The maximum Gasteiger partial charge on any atom is 0.0921 e. The molecule has 10 atom stereocenters. The highest BCUT2D eigenvalue weighted by molar-refractivity contribution is 5.01. The Labute approximate surface area is 222 Å². The van der Waals surface area contributed by atoms with Gasteiger partial charge in [-0.25, -0.2) is 0 Å². The Hall–Kier alpha value is -0.460. The van der Waals surface area contributed by atoms with Gasteiger partial charge in [-0.1, -0.05) is 39.3 Å². The first-order valence-corrected chi connectivity index (χ1v) is 14.9. The Morgan fingerprint density at radius 3 is 2.14 bits per heavy atom. The van der Waals surface area contributed by atoms with E-state index >= 15 is 0 Å². The van der Waals surface area contributed by atoms with Gasteiger partial charge in [0, 0.05) is 0 Å². The fourth-order valence-corrected chi connectivity index (χ4v) is 6.16. The van der Waals surface area contributed by atoms with Crippen LogP contribution in [-0.4, -0.2) is 58.0 Å². The van der Waals surface area contributed by atoms with Gasteiger partial charge >= 0.3 is 0 Å². The summed E-state index contributed by atoms with van der Waals surface area (Å²) in [5.41, 5.74) is 0.740. The molecule has 3 fully saturated rings. The number of hydrogen-bond acceptors (Lipinski definition) is 5. The van der Waals surface area contributed by atoms with Crippen molar-refractivity contribution in [3.63, 3.8) is 0 Å². The molecule has 0 radical (unpaired) electrons. The third-order valence-electron chi connectivity index (χ3n) is 9.10. The van der Waals surface area contributed by atoms with E-state index in [1.165, 1.54) is 12.0 Å². The first kappa shape index (κ1) is 31.8. The van der Waals surface area contributed by atoms with E-state index in [2.05, 4.69) is 54.5 Å². The molecule has 3 aliphatic heterocycles. The van der Waals surface area contributed by atoms with E-state index in [1.54, 1.807) is 0 Å². The Morgan fingerprint density at radius 2 is 1.50 bits per heavy atom. The van der Waals surface area contributed by atoms with E-state index in [0.29, 0.717) is 18.8 Å². The Balaban J connectivity index is 0.00000222. The monoisotopic (exact) mass is 510 g/mol. The van der Waals surface area contributed by atoms with Gasteiger partial charge in [-0.3, -0.25) is 0 Å². The number of hydrogen-bond donors (Lipinski definition) is 2. The summed E-state index contributed by atoms with van der Waals surface area (Å²) in [6.07, 6.45) is 10.5. The van der Waals surface area contributed by atoms with Crippen LogP contribution in [0.25, 0.3) is 0 Å². The van der Waals surface area contributed by atoms with Crippen molar-refractivity contribution in [3.05, 3.63) is 11.6 Å². The van der Waals surface area contributed by atoms with Crippen LogP contribution in [0, 0.1) is 11.8 Å². The fourth-order valence-electron chi connectivity index (χ4n) is 6.16. The van der Waals surface area contributed by atoms with Crippen molar-refractivity contribution < 1.29 is 24.4 Å². The van der Waals surface area contributed by atoms with Crippen molar-refractivity contribution in [3.8, 4) is 0 Å². The highest BCUT2D eigenvalue weighted by Crippen LogP contribution is 2.46. The summed E-state index contributed by atoms with van der Waals surface area (Å²) in [4.78, 5) is 0. The van der Waals surface area contributed by atoms with E-state index < -0.39 is 6.10 Å². The molecule has 3 saturated heterocycles. The van der Waals surface area contributed by atoms with E-state index in [-0.39, 0.29) is 47.6 Å². The van der Waals surface area contributed by atoms with Crippen LogP contribution in [0.4, 0.5) is 0 Å². The summed E-state index contributed by atoms with van der Waals surface area (Å²) in [7, 11) is 0. The second-order valence-corrected chi connectivity index (χ2v) is 12.4. The molecule has 212 valence electrons. The van der Waals surface area contributed by atoms with Gasteiger partial charge in [-0.2, -0.15) is 0 Å². The van der Waals surface area contributed by atoms with Gasteiger partial charge in [0.05, 0.1) is 47.8 Å². The van der Waals surface area contributed by atoms with Gasteiger partial charge in [0.1, 0.15) is 0 Å². The van der Waals surface area contributed by atoms with Crippen molar-refractivity contribution in [1.82, 2.24) is 0 Å². The molecule has 0 aliphatic carbocycles. The normalized spacial score (nSPS) is 39.1. The zero-order chi connectivity index (χ0) is 27.1. The van der Waals surface area contributed by atoms with Crippen molar-refractivity contribution in [2.75, 3.05) is 0 Å². The van der Waals surface area contributed by atoms with Gasteiger partial charge in [-0.15, -0.1) is 0 Å². The van der Waals surface area contributed by atoms with Gasteiger partial charge in [-0.05, 0) is 111 Å². The van der Waals surface area contributed by atoms with E-state index in [1.807, 2.05) is 13.8 Å². The van der Waals surface area contributed by atoms with E-state index in [0.717, 1.165) is 44.9 Å². The molecule has 0 spiro atoms. The van der Waals surface area contributed by atoms with Crippen LogP contribution < -0.4 is 0 Å². The molecule has 0 amide bonds. The topological polar surface area (TPSA) is 68.2 Å². The van der Waals surface area contributed by atoms with E-state index in [9.17, 15) is 10.2 Å². The molecular formula is C31H58O5. The van der Waals surface area contributed by atoms with Crippen molar-refractivity contribution >= 4 is 0 Å². The molecule has 0 aromatic carbocycles. The molecule has 0 aromatic rings. The molecule has 36 heavy (non-hydrogen) atoms. The third-order valence-corrected chi connectivity index (χ3v) is 9.10. The largest absolute Gasteiger partial charge is 0.393 e. The number of fused-ring (bicyclic) bond motifs is 1. The summed E-state index contributed by atoms with van der Waals surface area (Å²) in [6.45, 7) is 19.2. The molecule has 10 unspecified atom stereocenters. The van der Waals surface area contributed by atoms with Crippen molar-refractivity contribution in [1.29, 1.82) is 0 Å². The molecule has 5 nitrogen and oxygen atoms in total. The summed E-state index contributed by atoms with van der Waals surface area (Å²) < 4.78 is 19.7. The first-order valence-electron chi connectivity index (χ1n) is 14.9. The van der Waals surface area contributed by atoms with Crippen LogP contribution in [-0.2, 0) is 14.2 Å². The molecule has 3 heterocycles. The Kier molecular flexibility index (Phi) is 12.4. The van der Waals surface area contributed by atoms with Crippen LogP contribution in [0.1, 0.15) is 127 Å². The number of rotatable bonds is 9. The second-order valence-electron chi connectivity index (χ2n) is 12.4. The SMILES string of the molecule is CC.CC(C)=CCCC(C)C(O)CCC(O)C1CCC2OC(C3(C)CCC(C)C(C)O3)CCC2(C)O1. The average molecular weight is 511 g/mol. The predicted molar refractivity (Wildman–Crippen MR) is 148 cm³/mol. The molecular weight excluding hydrogens is 452 g/mol. The Bertz CT molecular complexity index is 676. The number of ether oxygens (including phenoxy) is 3. The van der Waals surface area contributed by atoms with Gasteiger partial charge in [0.2, 0.25) is 0 Å². The van der Waals surface area contributed by atoms with Crippen LogP contribution in [0.3, 0.4) is 0 Å². The minimum atomic E-state index is -0.545. The molecule has 3 rings (SSSR count). The molecule has 0 saturated carbocycles. The lowest BCUT2D eigenvalue weighted by Crippen LogP contribution is -2.61. The zero-order valence-electron chi connectivity index (χ0n) is 24.9. The number of allylic oxidation sites excluding steroid dienone is 2. The third kappa shape index (κ3) is 8.27. The van der Waals surface area contributed by atoms with Crippen LogP contribution in [0.15, 0.2) is 11.6 Å². The van der Waals surface area contributed by atoms with Crippen molar-refractivity contribution in [2.45, 2.75) is 174 Å². The quantitative estimate of drug-likeness (QED) is 0.328. The van der Waals surface area contributed by atoms with Gasteiger partial charge in [0.15, 0.2) is 0 Å². The van der Waals surface area contributed by atoms with E-state index in [4.69, 9.17) is 14.2 Å². The fraction of sp³-hybridized carbons (Fsp3) is 0.935. The highest BCUT2D eigenvalue weighted by Gasteiger charge is 2.52. The summed E-state index contributed by atoms with van der Waals surface area (Å²) in [6, 6.07) is 0. The minimum Gasteiger partial charge on any atom is -0.393 e. The number of aliphatic hydroxyl groups is 2. The van der Waals surface area contributed by atoms with Gasteiger partial charge < -0.3 is 24.4 Å². The molecule has 0 aromatic heterocycles. The van der Waals surface area contributed by atoms with Crippen LogP contribution in [0.5, 0.6) is 0 Å². The lowest BCUT2D eigenvalue weighted by atomic mass is 9.76. The lowest BCUT2D eigenvalue weighted by molar-refractivity contribution is -0.289. The first-order chi connectivity index (χ1) is 16.9. The van der Waals surface area contributed by atoms with Gasteiger partial charge in [0.25, 0.3) is 0 Å². The smallest absolute Gasteiger partial charge is 0.0921 e. The lowest BCUT2D eigenvalue weighted by Gasteiger charge is -2.54. The standard InChI is InChI=1S/C29H52O5.C2H6/c1-19(2)9-8-10-21(4)23(30)11-12-24(31)25-13-14-26-29(7,34-25)18-16-27(32-26)28(6)17-15-20(3)22(5)33-28;1-2/h9,20-27,30-31H,8,10-18H2,1-7H3;1-2H3. The summed E-state index contributed by atoms with van der Waals surface area (Å²) in [5.74, 6) is 0.829. The summed E-state index contributed by atoms with van der Waals surface area (Å²) >= 11 is 0. The molecule has 2 N–H and O–H groups in total. The van der Waals surface area contributed by atoms with Crippen LogP contribution in [0.2, 0.25) is 0 Å².